The molecule has 10 heteroatoms. The van der Waals surface area contributed by atoms with Crippen molar-refractivity contribution >= 4 is 58.8 Å². The molecule has 4 aromatic rings. The summed E-state index contributed by atoms with van der Waals surface area (Å²) in [4.78, 5) is 21.8. The highest BCUT2D eigenvalue weighted by atomic mass is 35.5. The van der Waals surface area contributed by atoms with Gasteiger partial charge >= 0.3 is 6.03 Å². The molecule has 0 atom stereocenters. The molecule has 0 spiro atoms. The monoisotopic (exact) mass is 573 g/mol. The maximum atomic E-state index is 13.4. The molecule has 2 heterocycles. The standard InChI is InChI=1S/C29H29F2N5O.2ClH/c1-20-8-9-26-27(32-20)6-3-7-28(26)36-14-12-35(13-15-36)11-10-21-4-2-5-24(16-21)33-29(37)34-25-18-22(30)17-23(31)19-25;;/h2-9,16-19H,10-15H2,1H3,(H2,33,34,37);2*1H. The van der Waals surface area contributed by atoms with Gasteiger partial charge in [0, 0.05) is 66.9 Å². The van der Waals surface area contributed by atoms with Gasteiger partial charge in [0.15, 0.2) is 0 Å². The third kappa shape index (κ3) is 7.79. The minimum atomic E-state index is -0.748. The van der Waals surface area contributed by atoms with Crippen molar-refractivity contribution in [2.45, 2.75) is 13.3 Å². The number of benzene rings is 3. The van der Waals surface area contributed by atoms with Crippen LogP contribution in [0.3, 0.4) is 0 Å². The number of piperazine rings is 1. The quantitative estimate of drug-likeness (QED) is 0.270. The maximum absolute atomic E-state index is 13.4. The van der Waals surface area contributed by atoms with Crippen LogP contribution in [0.1, 0.15) is 11.3 Å². The Hall–Kier alpha value is -3.46. The predicted molar refractivity (Wildman–Crippen MR) is 159 cm³/mol. The molecular weight excluding hydrogens is 543 g/mol. The van der Waals surface area contributed by atoms with Gasteiger partial charge in [0.25, 0.3) is 0 Å². The number of anilines is 3. The molecule has 0 radical (unpaired) electrons. The molecule has 2 N–H and O–H groups in total. The van der Waals surface area contributed by atoms with Crippen molar-refractivity contribution in [1.82, 2.24) is 9.88 Å². The van der Waals surface area contributed by atoms with E-state index in [9.17, 15) is 13.6 Å². The van der Waals surface area contributed by atoms with Crippen LogP contribution >= 0.6 is 24.8 Å². The summed E-state index contributed by atoms with van der Waals surface area (Å²) in [5, 5.41) is 6.38. The minimum absolute atomic E-state index is 0. The van der Waals surface area contributed by atoms with Crippen LogP contribution in [0.15, 0.2) is 72.8 Å². The first-order chi connectivity index (χ1) is 17.9. The van der Waals surface area contributed by atoms with Crippen LogP contribution in [0.2, 0.25) is 0 Å². The van der Waals surface area contributed by atoms with E-state index in [2.05, 4.69) is 55.7 Å². The number of rotatable bonds is 6. The maximum Gasteiger partial charge on any atom is 0.323 e. The van der Waals surface area contributed by atoms with E-state index < -0.39 is 17.7 Å². The molecule has 0 saturated carbocycles. The van der Waals surface area contributed by atoms with Crippen molar-refractivity contribution in [2.24, 2.45) is 0 Å². The zero-order valence-corrected chi connectivity index (χ0v) is 23.1. The molecule has 3 aromatic carbocycles. The van der Waals surface area contributed by atoms with Gasteiger partial charge in [0.2, 0.25) is 0 Å². The zero-order valence-electron chi connectivity index (χ0n) is 21.5. The fourth-order valence-electron chi connectivity index (χ4n) is 4.74. The van der Waals surface area contributed by atoms with Gasteiger partial charge in [0.05, 0.1) is 5.52 Å². The first kappa shape index (κ1) is 30.1. The smallest absolute Gasteiger partial charge is 0.323 e. The zero-order chi connectivity index (χ0) is 25.8. The summed E-state index contributed by atoms with van der Waals surface area (Å²) in [6.07, 6.45) is 0.851. The molecule has 1 aromatic heterocycles. The highest BCUT2D eigenvalue weighted by Gasteiger charge is 2.19. The molecule has 6 nitrogen and oxygen atoms in total. The second-order valence-electron chi connectivity index (χ2n) is 9.31. The molecule has 0 bridgehead atoms. The number of aryl methyl sites for hydroxylation is 1. The summed E-state index contributed by atoms with van der Waals surface area (Å²) in [6, 6.07) is 20.5. The van der Waals surface area contributed by atoms with Crippen LogP contribution in [-0.2, 0) is 6.42 Å². The Morgan fingerprint density at radius 2 is 1.54 bits per heavy atom. The van der Waals surface area contributed by atoms with E-state index in [0.717, 1.165) is 74.1 Å². The van der Waals surface area contributed by atoms with Crippen LogP contribution in [-0.4, -0.2) is 48.6 Å². The number of amides is 2. The van der Waals surface area contributed by atoms with Crippen molar-refractivity contribution in [1.29, 1.82) is 0 Å². The molecule has 1 aliphatic heterocycles. The number of carbonyl (C=O) groups excluding carboxylic acids is 1. The molecule has 1 saturated heterocycles. The van der Waals surface area contributed by atoms with Gasteiger partial charge < -0.3 is 15.5 Å². The number of fused-ring (bicyclic) bond motifs is 1. The highest BCUT2D eigenvalue weighted by molar-refractivity contribution is 5.99. The average molecular weight is 575 g/mol. The van der Waals surface area contributed by atoms with Gasteiger partial charge in [-0.15, -0.1) is 24.8 Å². The van der Waals surface area contributed by atoms with Crippen molar-refractivity contribution in [3.05, 3.63) is 95.7 Å². The van der Waals surface area contributed by atoms with Gasteiger partial charge in [-0.25, -0.2) is 13.6 Å². The summed E-state index contributed by atoms with van der Waals surface area (Å²) >= 11 is 0. The molecule has 5 rings (SSSR count). The summed E-state index contributed by atoms with van der Waals surface area (Å²) in [5.41, 5.74) is 5.08. The molecular formula is C29H31Cl2F2N5O. The second kappa shape index (κ2) is 13.6. The van der Waals surface area contributed by atoms with Crippen LogP contribution < -0.4 is 15.5 Å². The number of carbonyl (C=O) groups is 1. The topological polar surface area (TPSA) is 60.5 Å². The van der Waals surface area contributed by atoms with E-state index in [1.54, 1.807) is 6.07 Å². The molecule has 0 aliphatic carbocycles. The van der Waals surface area contributed by atoms with Gasteiger partial charge in [0.1, 0.15) is 11.6 Å². The number of hydrogen-bond donors (Lipinski definition) is 2. The Balaban J connectivity index is 0.00000210. The van der Waals surface area contributed by atoms with Crippen molar-refractivity contribution in [3.8, 4) is 0 Å². The van der Waals surface area contributed by atoms with Crippen molar-refractivity contribution in [3.63, 3.8) is 0 Å². The summed E-state index contributed by atoms with van der Waals surface area (Å²) < 4.78 is 26.7. The molecule has 206 valence electrons. The van der Waals surface area contributed by atoms with E-state index in [1.165, 1.54) is 11.1 Å². The van der Waals surface area contributed by atoms with Crippen molar-refractivity contribution < 1.29 is 13.6 Å². The third-order valence-corrected chi connectivity index (χ3v) is 6.58. The van der Waals surface area contributed by atoms with Crippen molar-refractivity contribution in [2.75, 3.05) is 48.3 Å². The van der Waals surface area contributed by atoms with Gasteiger partial charge in [-0.2, -0.15) is 0 Å². The van der Waals surface area contributed by atoms with Gasteiger partial charge in [-0.1, -0.05) is 18.2 Å². The van der Waals surface area contributed by atoms with Crippen LogP contribution in [0.5, 0.6) is 0 Å². The van der Waals surface area contributed by atoms with E-state index in [4.69, 9.17) is 0 Å². The number of hydrogen-bond acceptors (Lipinski definition) is 4. The van der Waals surface area contributed by atoms with Crippen LogP contribution in [0.4, 0.5) is 30.6 Å². The molecule has 39 heavy (non-hydrogen) atoms. The van der Waals surface area contributed by atoms with E-state index >= 15 is 0 Å². The highest BCUT2D eigenvalue weighted by Crippen LogP contribution is 2.27. The molecule has 1 fully saturated rings. The summed E-state index contributed by atoms with van der Waals surface area (Å²) in [6.45, 7) is 6.79. The van der Waals surface area contributed by atoms with E-state index in [0.29, 0.717) is 5.69 Å². The Labute approximate surface area is 239 Å². The van der Waals surface area contributed by atoms with E-state index in [1.807, 2.05) is 25.1 Å². The fraction of sp³-hybridized carbons (Fsp3) is 0.241. The minimum Gasteiger partial charge on any atom is -0.368 e. The second-order valence-corrected chi connectivity index (χ2v) is 9.31. The summed E-state index contributed by atoms with van der Waals surface area (Å²) in [5.74, 6) is -1.50. The third-order valence-electron chi connectivity index (χ3n) is 6.58. The van der Waals surface area contributed by atoms with Crippen LogP contribution in [0, 0.1) is 18.6 Å². The molecule has 1 aliphatic rings. The SMILES string of the molecule is Cc1ccc2c(N3CCN(CCc4cccc(NC(=O)Nc5cc(F)cc(F)c5)c4)CC3)cccc2n1.Cl.Cl. The Bertz CT molecular complexity index is 1410. The lowest BCUT2D eigenvalue weighted by atomic mass is 10.1. The number of pyridine rings is 1. The fourth-order valence-corrected chi connectivity index (χ4v) is 4.74. The number of aromatic nitrogens is 1. The normalized spacial score (nSPS) is 13.4. The lowest BCUT2D eigenvalue weighted by Crippen LogP contribution is -2.47. The number of halogens is 4. The van der Waals surface area contributed by atoms with Crippen LogP contribution in [0.25, 0.3) is 10.9 Å². The molecule has 0 unspecified atom stereocenters. The first-order valence-electron chi connectivity index (χ1n) is 12.4. The largest absolute Gasteiger partial charge is 0.368 e. The lowest BCUT2D eigenvalue weighted by molar-refractivity contribution is 0.261. The van der Waals surface area contributed by atoms with Gasteiger partial charge in [-0.05, 0) is 67.4 Å². The predicted octanol–water partition coefficient (Wildman–Crippen LogP) is 6.67. The number of urea groups is 1. The average Bonchev–Trinajstić information content (AvgIpc) is 2.87. The number of nitrogens with one attached hydrogen (secondary N) is 2. The lowest BCUT2D eigenvalue weighted by Gasteiger charge is -2.36. The Morgan fingerprint density at radius 1 is 0.846 bits per heavy atom. The Morgan fingerprint density at radius 3 is 2.28 bits per heavy atom. The summed E-state index contributed by atoms with van der Waals surface area (Å²) in [7, 11) is 0. The van der Waals surface area contributed by atoms with Gasteiger partial charge in [-0.3, -0.25) is 9.88 Å². The first-order valence-corrected chi connectivity index (χ1v) is 12.4. The molecule has 2 amide bonds. The Kier molecular flexibility index (Phi) is 10.5. The number of nitrogens with zero attached hydrogens (tertiary/aromatic N) is 3. The van der Waals surface area contributed by atoms with E-state index in [-0.39, 0.29) is 30.5 Å².